The first-order chi connectivity index (χ1) is 8.58. The van der Waals surface area contributed by atoms with Gasteiger partial charge in [-0.3, -0.25) is 4.79 Å². The molecule has 2 aromatic rings. The van der Waals surface area contributed by atoms with Crippen LogP contribution in [0.4, 0.5) is 11.4 Å². The Morgan fingerprint density at radius 2 is 2.22 bits per heavy atom. The molecule has 0 aliphatic carbocycles. The zero-order valence-corrected chi connectivity index (χ0v) is 11.3. The Bertz CT molecular complexity index is 560. The van der Waals surface area contributed by atoms with E-state index in [1.54, 1.807) is 6.07 Å². The summed E-state index contributed by atoms with van der Waals surface area (Å²) in [6.45, 7) is 1.96. The zero-order chi connectivity index (χ0) is 13.1. The predicted octanol–water partition coefficient (Wildman–Crippen LogP) is 4.08. The topological polar surface area (TPSA) is 49.3 Å². The first-order valence-corrected chi connectivity index (χ1v) is 6.64. The number of aliphatic carboxylic acids is 1. The number of thiophene rings is 1. The van der Waals surface area contributed by atoms with Crippen LogP contribution in [-0.4, -0.2) is 11.1 Å². The number of rotatable bonds is 4. The lowest BCUT2D eigenvalue weighted by Crippen LogP contribution is -2.01. The number of hydrogen-bond donors (Lipinski definition) is 2. The van der Waals surface area contributed by atoms with Crippen LogP contribution in [-0.2, 0) is 11.2 Å². The second-order valence-electron chi connectivity index (χ2n) is 3.88. The highest BCUT2D eigenvalue weighted by molar-refractivity contribution is 7.10. The normalized spacial score (nSPS) is 10.3. The number of anilines is 2. The Labute approximate surface area is 114 Å². The third-order valence-electron chi connectivity index (χ3n) is 2.54. The number of carboxylic acid groups (broad SMARTS) is 1. The van der Waals surface area contributed by atoms with Crippen molar-refractivity contribution in [1.82, 2.24) is 0 Å². The van der Waals surface area contributed by atoms with Crippen LogP contribution in [0.3, 0.4) is 0 Å². The lowest BCUT2D eigenvalue weighted by Gasteiger charge is -2.11. The van der Waals surface area contributed by atoms with Crippen LogP contribution in [0.1, 0.15) is 10.4 Å². The van der Waals surface area contributed by atoms with Crippen LogP contribution in [0.5, 0.6) is 0 Å². The molecule has 2 N–H and O–H groups in total. The molecule has 0 aliphatic heterocycles. The number of benzene rings is 1. The number of halogens is 1. The maximum atomic E-state index is 10.8. The highest BCUT2D eigenvalue weighted by Gasteiger charge is 2.11. The van der Waals surface area contributed by atoms with Crippen molar-refractivity contribution < 1.29 is 9.90 Å². The largest absolute Gasteiger partial charge is 0.481 e. The van der Waals surface area contributed by atoms with Gasteiger partial charge in [-0.15, -0.1) is 11.3 Å². The summed E-state index contributed by atoms with van der Waals surface area (Å²) in [5.41, 5.74) is 2.65. The zero-order valence-electron chi connectivity index (χ0n) is 9.74. The maximum absolute atomic E-state index is 10.8. The van der Waals surface area contributed by atoms with Crippen molar-refractivity contribution in [2.45, 2.75) is 13.3 Å². The molecular weight excluding hydrogens is 270 g/mol. The minimum absolute atomic E-state index is 0.0174. The summed E-state index contributed by atoms with van der Waals surface area (Å²) in [7, 11) is 0. The molecule has 0 amide bonds. The molecule has 1 heterocycles. The monoisotopic (exact) mass is 281 g/mol. The summed E-state index contributed by atoms with van der Waals surface area (Å²) in [4.78, 5) is 11.6. The molecule has 5 heteroatoms. The van der Waals surface area contributed by atoms with Crippen LogP contribution in [0.15, 0.2) is 29.6 Å². The van der Waals surface area contributed by atoms with Gasteiger partial charge in [-0.2, -0.15) is 0 Å². The van der Waals surface area contributed by atoms with E-state index in [-0.39, 0.29) is 6.42 Å². The van der Waals surface area contributed by atoms with Crippen molar-refractivity contribution in [3.05, 3.63) is 45.1 Å². The van der Waals surface area contributed by atoms with Crippen molar-refractivity contribution in [2.24, 2.45) is 0 Å². The van der Waals surface area contributed by atoms with Crippen molar-refractivity contribution in [2.75, 3.05) is 5.32 Å². The second-order valence-corrected chi connectivity index (χ2v) is 5.29. The molecule has 18 heavy (non-hydrogen) atoms. The summed E-state index contributed by atoms with van der Waals surface area (Å²) >= 11 is 7.55. The van der Waals surface area contributed by atoms with Crippen molar-refractivity contribution in [1.29, 1.82) is 0 Å². The fourth-order valence-corrected chi connectivity index (χ4v) is 2.74. The van der Waals surface area contributed by atoms with Gasteiger partial charge in [-0.25, -0.2) is 0 Å². The van der Waals surface area contributed by atoms with E-state index < -0.39 is 5.97 Å². The maximum Gasteiger partial charge on any atom is 0.308 e. The molecule has 2 rings (SSSR count). The molecule has 1 aromatic carbocycles. The molecular formula is C13H12ClNO2S. The second kappa shape index (κ2) is 5.42. The van der Waals surface area contributed by atoms with E-state index in [9.17, 15) is 4.79 Å². The number of aryl methyl sites for hydroxylation is 1. The first kappa shape index (κ1) is 12.9. The first-order valence-electron chi connectivity index (χ1n) is 5.38. The predicted molar refractivity (Wildman–Crippen MR) is 75.1 cm³/mol. The molecule has 3 nitrogen and oxygen atoms in total. The molecule has 0 atom stereocenters. The SMILES string of the molecule is Cc1cccc(Cl)c1Nc1ccsc1CC(=O)O. The molecule has 1 aromatic heterocycles. The average Bonchev–Trinajstić information content (AvgIpc) is 2.70. The Morgan fingerprint density at radius 3 is 2.89 bits per heavy atom. The van der Waals surface area contributed by atoms with Gasteiger partial charge in [0.1, 0.15) is 0 Å². The Morgan fingerprint density at radius 1 is 1.44 bits per heavy atom. The van der Waals surface area contributed by atoms with Crippen molar-refractivity contribution >= 4 is 40.3 Å². The minimum atomic E-state index is -0.837. The van der Waals surface area contributed by atoms with Crippen molar-refractivity contribution in [3.8, 4) is 0 Å². The van der Waals surface area contributed by atoms with E-state index in [1.165, 1.54) is 11.3 Å². The third kappa shape index (κ3) is 2.83. The van der Waals surface area contributed by atoms with Gasteiger partial charge in [0.15, 0.2) is 0 Å². The molecule has 0 bridgehead atoms. The Hall–Kier alpha value is -1.52. The minimum Gasteiger partial charge on any atom is -0.481 e. The van der Waals surface area contributed by atoms with Gasteiger partial charge in [0.05, 0.1) is 22.8 Å². The standard InChI is InChI=1S/C13H12ClNO2S/c1-8-3-2-4-9(14)13(8)15-10-5-6-18-11(10)7-12(16)17/h2-6,15H,7H2,1H3,(H,16,17). The van der Waals surface area contributed by atoms with E-state index in [4.69, 9.17) is 16.7 Å². The van der Waals surface area contributed by atoms with E-state index in [0.29, 0.717) is 5.02 Å². The molecule has 0 radical (unpaired) electrons. The van der Waals surface area contributed by atoms with Crippen molar-refractivity contribution in [3.63, 3.8) is 0 Å². The molecule has 94 valence electrons. The van der Waals surface area contributed by atoms with E-state index >= 15 is 0 Å². The van der Waals surface area contributed by atoms with Crippen LogP contribution in [0.25, 0.3) is 0 Å². The Balaban J connectivity index is 2.29. The van der Waals surface area contributed by atoms with Gasteiger partial charge in [-0.1, -0.05) is 23.7 Å². The number of carboxylic acids is 1. The van der Waals surface area contributed by atoms with Crippen LogP contribution >= 0.6 is 22.9 Å². The van der Waals surface area contributed by atoms with E-state index in [2.05, 4.69) is 5.32 Å². The lowest BCUT2D eigenvalue weighted by atomic mass is 10.2. The van der Waals surface area contributed by atoms with E-state index in [0.717, 1.165) is 21.8 Å². The van der Waals surface area contributed by atoms with Crippen LogP contribution < -0.4 is 5.32 Å². The molecule has 0 unspecified atom stereocenters. The quantitative estimate of drug-likeness (QED) is 0.888. The average molecular weight is 282 g/mol. The number of hydrogen-bond acceptors (Lipinski definition) is 3. The molecule has 0 aliphatic rings. The molecule has 0 fully saturated rings. The summed E-state index contributed by atoms with van der Waals surface area (Å²) in [6, 6.07) is 7.51. The highest BCUT2D eigenvalue weighted by atomic mass is 35.5. The van der Waals surface area contributed by atoms with Gasteiger partial charge < -0.3 is 10.4 Å². The van der Waals surface area contributed by atoms with Gasteiger partial charge in [0.2, 0.25) is 0 Å². The highest BCUT2D eigenvalue weighted by Crippen LogP contribution is 2.32. The van der Waals surface area contributed by atoms with Crippen LogP contribution in [0.2, 0.25) is 5.02 Å². The van der Waals surface area contributed by atoms with Gasteiger partial charge in [0, 0.05) is 4.88 Å². The third-order valence-corrected chi connectivity index (χ3v) is 3.77. The fourth-order valence-electron chi connectivity index (χ4n) is 1.65. The fraction of sp³-hybridized carbons (Fsp3) is 0.154. The summed E-state index contributed by atoms with van der Waals surface area (Å²) < 4.78 is 0. The summed E-state index contributed by atoms with van der Waals surface area (Å²) in [5.74, 6) is -0.837. The number of para-hydroxylation sites is 1. The smallest absolute Gasteiger partial charge is 0.308 e. The molecule has 0 saturated heterocycles. The summed E-state index contributed by atoms with van der Waals surface area (Å²) in [5, 5.41) is 14.5. The Kier molecular flexibility index (Phi) is 3.89. The van der Waals surface area contributed by atoms with E-state index in [1.807, 2.05) is 30.5 Å². The van der Waals surface area contributed by atoms with Gasteiger partial charge >= 0.3 is 5.97 Å². The molecule has 0 saturated carbocycles. The molecule has 0 spiro atoms. The summed E-state index contributed by atoms with van der Waals surface area (Å²) in [6.07, 6.45) is 0.0174. The van der Waals surface area contributed by atoms with Gasteiger partial charge in [-0.05, 0) is 30.0 Å². The van der Waals surface area contributed by atoms with Gasteiger partial charge in [0.25, 0.3) is 0 Å². The van der Waals surface area contributed by atoms with Crippen LogP contribution in [0, 0.1) is 6.92 Å². The number of carbonyl (C=O) groups is 1. The number of nitrogens with one attached hydrogen (secondary N) is 1. The lowest BCUT2D eigenvalue weighted by molar-refractivity contribution is -0.136.